The van der Waals surface area contributed by atoms with E-state index in [9.17, 15) is 0 Å². The molecule has 112 valence electrons. The minimum Gasteiger partial charge on any atom is -0.314 e. The molecule has 1 N–H and O–H groups in total. The van der Waals surface area contributed by atoms with Crippen molar-refractivity contribution in [2.24, 2.45) is 0 Å². The molecule has 2 aromatic rings. The molecule has 0 aliphatic carbocycles. The predicted molar refractivity (Wildman–Crippen MR) is 91.8 cm³/mol. The van der Waals surface area contributed by atoms with Crippen LogP contribution >= 0.6 is 0 Å². The van der Waals surface area contributed by atoms with Gasteiger partial charge in [-0.2, -0.15) is 0 Å². The summed E-state index contributed by atoms with van der Waals surface area (Å²) in [6.07, 6.45) is 2.29. The second kappa shape index (κ2) is 7.99. The maximum absolute atomic E-state index is 3.66. The zero-order valence-corrected chi connectivity index (χ0v) is 13.5. The Morgan fingerprint density at radius 1 is 0.905 bits per heavy atom. The summed E-state index contributed by atoms with van der Waals surface area (Å²) in [6.45, 7) is 7.85. The van der Waals surface area contributed by atoms with Crippen molar-refractivity contribution in [3.63, 3.8) is 0 Å². The van der Waals surface area contributed by atoms with Gasteiger partial charge in [-0.05, 0) is 55.8 Å². The van der Waals surface area contributed by atoms with Crippen LogP contribution in [-0.2, 0) is 6.42 Å². The molecule has 0 aliphatic rings. The van der Waals surface area contributed by atoms with Crippen LogP contribution in [0.3, 0.4) is 0 Å². The minimum absolute atomic E-state index is 0.522. The summed E-state index contributed by atoms with van der Waals surface area (Å²) < 4.78 is 0. The van der Waals surface area contributed by atoms with Gasteiger partial charge in [0.1, 0.15) is 0 Å². The molecule has 0 amide bonds. The van der Waals surface area contributed by atoms with Gasteiger partial charge in [-0.3, -0.25) is 0 Å². The molecule has 1 nitrogen and oxygen atoms in total. The highest BCUT2D eigenvalue weighted by Crippen LogP contribution is 2.17. The van der Waals surface area contributed by atoms with Crippen LogP contribution in [0.1, 0.15) is 42.9 Å². The van der Waals surface area contributed by atoms with Gasteiger partial charge in [0.25, 0.3) is 0 Å². The number of hydrogen-bond acceptors (Lipinski definition) is 1. The van der Waals surface area contributed by atoms with Crippen molar-refractivity contribution in [1.82, 2.24) is 5.32 Å². The molecule has 0 saturated heterocycles. The molecule has 0 spiro atoms. The fourth-order valence-corrected chi connectivity index (χ4v) is 2.74. The molecule has 0 fully saturated rings. The van der Waals surface area contributed by atoms with E-state index in [2.05, 4.69) is 80.7 Å². The van der Waals surface area contributed by atoms with Gasteiger partial charge in [0.15, 0.2) is 0 Å². The van der Waals surface area contributed by atoms with Gasteiger partial charge >= 0.3 is 0 Å². The Labute approximate surface area is 129 Å². The Hall–Kier alpha value is -1.60. The van der Waals surface area contributed by atoms with Gasteiger partial charge in [0.2, 0.25) is 0 Å². The third-order valence-electron chi connectivity index (χ3n) is 4.23. The van der Waals surface area contributed by atoms with Crippen molar-refractivity contribution < 1.29 is 0 Å². The van der Waals surface area contributed by atoms with Crippen molar-refractivity contribution in [2.45, 2.75) is 45.6 Å². The molecule has 2 rings (SSSR count). The number of hydrogen-bond donors (Lipinski definition) is 1. The molecule has 0 aliphatic heterocycles. The molecule has 2 unspecified atom stereocenters. The molecule has 0 heterocycles. The molecule has 2 atom stereocenters. The lowest BCUT2D eigenvalue weighted by Gasteiger charge is -2.17. The average Bonchev–Trinajstić information content (AvgIpc) is 2.50. The summed E-state index contributed by atoms with van der Waals surface area (Å²) >= 11 is 0. The van der Waals surface area contributed by atoms with Gasteiger partial charge in [-0.1, -0.05) is 61.5 Å². The Balaban J connectivity index is 1.75. The molecule has 0 bridgehead atoms. The lowest BCUT2D eigenvalue weighted by Crippen LogP contribution is -2.29. The van der Waals surface area contributed by atoms with Gasteiger partial charge in [0.05, 0.1) is 0 Å². The van der Waals surface area contributed by atoms with E-state index < -0.39 is 0 Å². The number of benzene rings is 2. The number of aryl methyl sites for hydroxylation is 1. The SMILES string of the molecule is Cc1ccccc1CC(C)NCCC(C)c1ccccc1. The van der Waals surface area contributed by atoms with Crippen LogP contribution in [0.2, 0.25) is 0 Å². The maximum atomic E-state index is 3.66. The summed E-state index contributed by atoms with van der Waals surface area (Å²) in [4.78, 5) is 0. The van der Waals surface area contributed by atoms with E-state index in [-0.39, 0.29) is 0 Å². The minimum atomic E-state index is 0.522. The summed E-state index contributed by atoms with van der Waals surface area (Å²) in [5.41, 5.74) is 4.28. The highest BCUT2D eigenvalue weighted by Gasteiger charge is 2.07. The van der Waals surface area contributed by atoms with Gasteiger partial charge < -0.3 is 5.32 Å². The maximum Gasteiger partial charge on any atom is 0.00792 e. The number of rotatable bonds is 7. The standard InChI is InChI=1S/C20H27N/c1-16-9-7-8-12-20(16)15-18(3)21-14-13-17(2)19-10-5-4-6-11-19/h4-12,17-18,21H,13-15H2,1-3H3. The second-order valence-electron chi connectivity index (χ2n) is 6.09. The number of nitrogens with one attached hydrogen (secondary N) is 1. The van der Waals surface area contributed by atoms with Gasteiger partial charge in [0, 0.05) is 6.04 Å². The van der Waals surface area contributed by atoms with E-state index in [1.165, 1.54) is 23.1 Å². The van der Waals surface area contributed by atoms with Crippen LogP contribution in [0.25, 0.3) is 0 Å². The predicted octanol–water partition coefficient (Wildman–Crippen LogP) is 4.71. The molecule has 0 aromatic heterocycles. The van der Waals surface area contributed by atoms with E-state index in [4.69, 9.17) is 0 Å². The zero-order valence-electron chi connectivity index (χ0n) is 13.5. The van der Waals surface area contributed by atoms with Crippen molar-refractivity contribution >= 4 is 0 Å². The van der Waals surface area contributed by atoms with E-state index >= 15 is 0 Å². The summed E-state index contributed by atoms with van der Waals surface area (Å²) in [7, 11) is 0. The molecular weight excluding hydrogens is 254 g/mol. The van der Waals surface area contributed by atoms with Crippen molar-refractivity contribution in [3.05, 3.63) is 71.3 Å². The third-order valence-corrected chi connectivity index (χ3v) is 4.23. The highest BCUT2D eigenvalue weighted by atomic mass is 14.9. The van der Waals surface area contributed by atoms with Crippen molar-refractivity contribution in [1.29, 1.82) is 0 Å². The van der Waals surface area contributed by atoms with Gasteiger partial charge in [-0.25, -0.2) is 0 Å². The van der Waals surface area contributed by atoms with Crippen molar-refractivity contribution in [3.8, 4) is 0 Å². The van der Waals surface area contributed by atoms with Crippen LogP contribution in [-0.4, -0.2) is 12.6 Å². The molecule has 21 heavy (non-hydrogen) atoms. The molecule has 0 radical (unpaired) electrons. The molecular formula is C20H27N. The fraction of sp³-hybridized carbons (Fsp3) is 0.400. The fourth-order valence-electron chi connectivity index (χ4n) is 2.74. The first-order valence-corrected chi connectivity index (χ1v) is 7.99. The highest BCUT2D eigenvalue weighted by molar-refractivity contribution is 5.26. The monoisotopic (exact) mass is 281 g/mol. The first-order chi connectivity index (χ1) is 10.2. The quantitative estimate of drug-likeness (QED) is 0.775. The molecule has 2 aromatic carbocycles. The smallest absolute Gasteiger partial charge is 0.00792 e. The third kappa shape index (κ3) is 5.02. The average molecular weight is 281 g/mol. The van der Waals surface area contributed by atoms with Crippen LogP contribution in [0.15, 0.2) is 54.6 Å². The zero-order chi connectivity index (χ0) is 15.1. The van der Waals surface area contributed by atoms with Crippen LogP contribution in [0.4, 0.5) is 0 Å². The van der Waals surface area contributed by atoms with E-state index in [0.717, 1.165) is 13.0 Å². The van der Waals surface area contributed by atoms with Crippen molar-refractivity contribution in [2.75, 3.05) is 6.54 Å². The van der Waals surface area contributed by atoms with Crippen LogP contribution < -0.4 is 5.32 Å². The summed E-state index contributed by atoms with van der Waals surface area (Å²) in [5, 5.41) is 3.66. The second-order valence-corrected chi connectivity index (χ2v) is 6.09. The Morgan fingerprint density at radius 3 is 2.29 bits per heavy atom. The first kappa shape index (κ1) is 15.8. The Kier molecular flexibility index (Phi) is 6.01. The van der Waals surface area contributed by atoms with E-state index in [1.807, 2.05) is 0 Å². The first-order valence-electron chi connectivity index (χ1n) is 7.99. The van der Waals surface area contributed by atoms with Crippen LogP contribution in [0.5, 0.6) is 0 Å². The summed E-state index contributed by atoms with van der Waals surface area (Å²) in [6, 6.07) is 20.0. The lowest BCUT2D eigenvalue weighted by atomic mass is 9.97. The summed E-state index contributed by atoms with van der Waals surface area (Å²) in [5.74, 6) is 0.615. The largest absolute Gasteiger partial charge is 0.314 e. The van der Waals surface area contributed by atoms with E-state index in [0.29, 0.717) is 12.0 Å². The lowest BCUT2D eigenvalue weighted by molar-refractivity contribution is 0.512. The molecule has 0 saturated carbocycles. The normalized spacial score (nSPS) is 13.9. The molecule has 1 heteroatoms. The van der Waals surface area contributed by atoms with Gasteiger partial charge in [-0.15, -0.1) is 0 Å². The Bertz CT molecular complexity index is 533. The van der Waals surface area contributed by atoms with E-state index in [1.54, 1.807) is 0 Å². The van der Waals surface area contributed by atoms with Crippen LogP contribution in [0, 0.1) is 6.92 Å². The Morgan fingerprint density at radius 2 is 1.57 bits per heavy atom. The topological polar surface area (TPSA) is 12.0 Å².